The Labute approximate surface area is 128 Å². The third kappa shape index (κ3) is 6.81. The van der Waals surface area contributed by atoms with Crippen LogP contribution in [0.1, 0.15) is 45.2 Å². The van der Waals surface area contributed by atoms with E-state index in [0.29, 0.717) is 0 Å². The molecule has 0 heterocycles. The maximum atomic E-state index is 12.0. The van der Waals surface area contributed by atoms with Gasteiger partial charge in [0.05, 0.1) is 0 Å². The second-order valence-electron chi connectivity index (χ2n) is 6.22. The van der Waals surface area contributed by atoms with Crippen LogP contribution in [0.3, 0.4) is 0 Å². The third-order valence-corrected chi connectivity index (χ3v) is 2.76. The van der Waals surface area contributed by atoms with E-state index in [4.69, 9.17) is 0 Å². The first-order valence-corrected chi connectivity index (χ1v) is 7.41. The van der Waals surface area contributed by atoms with Crippen LogP contribution in [0.4, 0.5) is 0 Å². The van der Waals surface area contributed by atoms with Crippen molar-refractivity contribution in [3.8, 4) is 11.8 Å². The van der Waals surface area contributed by atoms with Crippen molar-refractivity contribution < 1.29 is 4.79 Å². The summed E-state index contributed by atoms with van der Waals surface area (Å²) in [7, 11) is 0. The molecule has 0 atom stereocenters. The number of aryl methyl sites for hydroxylation is 1. The Morgan fingerprint density at radius 2 is 1.86 bits per heavy atom. The molecule has 0 saturated carbocycles. The van der Waals surface area contributed by atoms with Gasteiger partial charge < -0.3 is 5.32 Å². The van der Waals surface area contributed by atoms with Crippen LogP contribution in [0, 0.1) is 24.2 Å². The van der Waals surface area contributed by atoms with E-state index in [0.717, 1.165) is 24.2 Å². The van der Waals surface area contributed by atoms with Crippen LogP contribution >= 0.6 is 0 Å². The molecule has 0 fully saturated rings. The summed E-state index contributed by atoms with van der Waals surface area (Å²) in [5.74, 6) is 5.51. The van der Waals surface area contributed by atoms with Crippen LogP contribution in [0.15, 0.2) is 30.3 Å². The van der Waals surface area contributed by atoms with Crippen molar-refractivity contribution in [1.29, 1.82) is 0 Å². The van der Waals surface area contributed by atoms with Gasteiger partial charge >= 0.3 is 0 Å². The van der Waals surface area contributed by atoms with E-state index in [1.54, 1.807) is 6.08 Å². The molecule has 0 radical (unpaired) electrons. The lowest BCUT2D eigenvalue weighted by atomic mass is 9.98. The van der Waals surface area contributed by atoms with Crippen molar-refractivity contribution >= 4 is 11.5 Å². The third-order valence-electron chi connectivity index (χ3n) is 2.76. The Hall–Kier alpha value is -2.01. The molecule has 1 aromatic rings. The average molecular weight is 283 g/mol. The molecule has 1 N–H and O–H groups in total. The zero-order chi connectivity index (χ0) is 15.9. The zero-order valence-electron chi connectivity index (χ0n) is 13.7. The van der Waals surface area contributed by atoms with Gasteiger partial charge in [-0.1, -0.05) is 42.7 Å². The van der Waals surface area contributed by atoms with Gasteiger partial charge in [0.15, 0.2) is 0 Å². The smallest absolute Gasteiger partial charge is 0.230 e. The molecule has 0 aliphatic heterocycles. The SMILES string of the molecule is CCCN/C(=C\C(=O)C#CC(C)(C)C)c1ccc(C)cc1. The fourth-order valence-electron chi connectivity index (χ4n) is 1.65. The van der Waals surface area contributed by atoms with Gasteiger partial charge in [0.2, 0.25) is 5.78 Å². The van der Waals surface area contributed by atoms with Crippen LogP contribution in [-0.4, -0.2) is 12.3 Å². The highest BCUT2D eigenvalue weighted by molar-refractivity contribution is 6.08. The highest BCUT2D eigenvalue weighted by Gasteiger charge is 2.06. The number of nitrogens with one attached hydrogen (secondary N) is 1. The molecule has 0 amide bonds. The van der Waals surface area contributed by atoms with Gasteiger partial charge in [-0.3, -0.25) is 4.79 Å². The van der Waals surface area contributed by atoms with Crippen LogP contribution in [0.2, 0.25) is 0 Å². The molecule has 0 saturated heterocycles. The monoisotopic (exact) mass is 283 g/mol. The molecule has 2 nitrogen and oxygen atoms in total. The second kappa shape index (κ2) is 7.69. The first-order chi connectivity index (χ1) is 9.81. The van der Waals surface area contributed by atoms with Gasteiger partial charge in [-0.2, -0.15) is 0 Å². The predicted molar refractivity (Wildman–Crippen MR) is 89.7 cm³/mol. The normalized spacial score (nSPS) is 11.6. The summed E-state index contributed by atoms with van der Waals surface area (Å²) >= 11 is 0. The van der Waals surface area contributed by atoms with Crippen LogP contribution in [0.25, 0.3) is 5.70 Å². The highest BCUT2D eigenvalue weighted by Crippen LogP contribution is 2.13. The second-order valence-corrected chi connectivity index (χ2v) is 6.22. The van der Waals surface area contributed by atoms with Gasteiger partial charge in [-0.25, -0.2) is 0 Å². The van der Waals surface area contributed by atoms with E-state index >= 15 is 0 Å². The minimum Gasteiger partial charge on any atom is -0.384 e. The summed E-state index contributed by atoms with van der Waals surface area (Å²) < 4.78 is 0. The average Bonchev–Trinajstić information content (AvgIpc) is 2.41. The quantitative estimate of drug-likeness (QED) is 0.503. The Morgan fingerprint density at radius 3 is 2.38 bits per heavy atom. The van der Waals surface area contributed by atoms with Crippen molar-refractivity contribution in [2.24, 2.45) is 5.41 Å². The summed E-state index contributed by atoms with van der Waals surface area (Å²) in [5.41, 5.74) is 2.89. The van der Waals surface area contributed by atoms with Crippen molar-refractivity contribution in [2.45, 2.75) is 41.0 Å². The first-order valence-electron chi connectivity index (χ1n) is 7.41. The number of ketones is 1. The van der Waals surface area contributed by atoms with Crippen molar-refractivity contribution in [1.82, 2.24) is 5.32 Å². The molecule has 1 rings (SSSR count). The summed E-state index contributed by atoms with van der Waals surface area (Å²) in [6, 6.07) is 8.13. The van der Waals surface area contributed by atoms with Gasteiger partial charge in [0.1, 0.15) is 0 Å². The molecule has 0 aliphatic rings. The minimum absolute atomic E-state index is 0.162. The van der Waals surface area contributed by atoms with Crippen molar-refractivity contribution in [2.75, 3.05) is 6.54 Å². The van der Waals surface area contributed by atoms with E-state index in [-0.39, 0.29) is 11.2 Å². The number of hydrogen-bond acceptors (Lipinski definition) is 2. The molecule has 0 bridgehead atoms. The van der Waals surface area contributed by atoms with Gasteiger partial charge in [0, 0.05) is 23.7 Å². The summed E-state index contributed by atoms with van der Waals surface area (Å²) in [4.78, 5) is 12.0. The molecule has 0 unspecified atom stereocenters. The standard InChI is InChI=1S/C19H25NO/c1-6-13-20-18(16-9-7-15(2)8-10-16)14-17(21)11-12-19(3,4)5/h7-10,14,20H,6,13H2,1-5H3/b18-14-. The van der Waals surface area contributed by atoms with Crippen molar-refractivity contribution in [3.05, 3.63) is 41.5 Å². The van der Waals surface area contributed by atoms with Gasteiger partial charge in [0.25, 0.3) is 0 Å². The summed E-state index contributed by atoms with van der Waals surface area (Å²) in [6.07, 6.45) is 2.60. The van der Waals surface area contributed by atoms with E-state index in [2.05, 4.69) is 24.1 Å². The Bertz CT molecular complexity index is 562. The van der Waals surface area contributed by atoms with Crippen LogP contribution in [0.5, 0.6) is 0 Å². The lowest BCUT2D eigenvalue weighted by molar-refractivity contribution is -0.109. The minimum atomic E-state index is -0.163. The van der Waals surface area contributed by atoms with Gasteiger partial charge in [-0.15, -0.1) is 0 Å². The molecular weight excluding hydrogens is 258 g/mol. The van der Waals surface area contributed by atoms with Crippen LogP contribution < -0.4 is 5.32 Å². The molecule has 0 aliphatic carbocycles. The number of hydrogen-bond donors (Lipinski definition) is 1. The summed E-state index contributed by atoms with van der Waals surface area (Å²) in [5, 5.41) is 3.31. The number of carbonyl (C=O) groups is 1. The number of benzene rings is 1. The molecule has 112 valence electrons. The molecule has 0 spiro atoms. The largest absolute Gasteiger partial charge is 0.384 e. The fourth-order valence-corrected chi connectivity index (χ4v) is 1.65. The molecule has 21 heavy (non-hydrogen) atoms. The number of allylic oxidation sites excluding steroid dienone is 1. The Balaban J connectivity index is 3.00. The van der Waals surface area contributed by atoms with E-state index < -0.39 is 0 Å². The maximum Gasteiger partial charge on any atom is 0.230 e. The topological polar surface area (TPSA) is 29.1 Å². The lowest BCUT2D eigenvalue weighted by Crippen LogP contribution is -2.14. The Morgan fingerprint density at radius 1 is 1.24 bits per heavy atom. The lowest BCUT2D eigenvalue weighted by Gasteiger charge is -2.10. The van der Waals surface area contributed by atoms with E-state index in [9.17, 15) is 4.79 Å². The summed E-state index contributed by atoms with van der Waals surface area (Å²) in [6.45, 7) is 11.0. The fraction of sp³-hybridized carbons (Fsp3) is 0.421. The zero-order valence-corrected chi connectivity index (χ0v) is 13.7. The maximum absolute atomic E-state index is 12.0. The van der Waals surface area contributed by atoms with Crippen LogP contribution in [-0.2, 0) is 4.79 Å². The molecule has 1 aromatic carbocycles. The molecular formula is C19H25NO. The van der Waals surface area contributed by atoms with Crippen molar-refractivity contribution in [3.63, 3.8) is 0 Å². The first kappa shape index (κ1) is 17.0. The molecule has 0 aromatic heterocycles. The number of rotatable bonds is 5. The highest BCUT2D eigenvalue weighted by atomic mass is 16.1. The van der Waals surface area contributed by atoms with E-state index in [1.165, 1.54) is 5.56 Å². The predicted octanol–water partition coefficient (Wildman–Crippen LogP) is 3.95. The van der Waals surface area contributed by atoms with E-state index in [1.807, 2.05) is 52.0 Å². The Kier molecular flexibility index (Phi) is 6.24. The van der Waals surface area contributed by atoms with Gasteiger partial charge in [-0.05, 0) is 45.6 Å². The number of carbonyl (C=O) groups excluding carboxylic acids is 1. The molecule has 2 heteroatoms.